The highest BCUT2D eigenvalue weighted by Gasteiger charge is 2.70. The Bertz CT molecular complexity index is 809. The van der Waals surface area contributed by atoms with Gasteiger partial charge < -0.3 is 5.11 Å². The van der Waals surface area contributed by atoms with E-state index in [2.05, 4.69) is 59.9 Å². The molecule has 3 heteroatoms. The van der Waals surface area contributed by atoms with Crippen LogP contribution in [0.4, 0.5) is 0 Å². The Morgan fingerprint density at radius 2 is 1.58 bits per heavy atom. The topological polar surface area (TPSA) is 32.3 Å². The maximum atomic E-state index is 10.9. The molecule has 2 N–H and O–H groups in total. The highest BCUT2D eigenvalue weighted by Crippen LogP contribution is 2.76. The minimum absolute atomic E-state index is 0.0519. The number of aliphatic hydroxyl groups excluding tert-OH is 1. The zero-order chi connectivity index (χ0) is 24.0. The average Bonchev–Trinajstić information content (AvgIpc) is 3.12. The molecule has 0 aliphatic heterocycles. The van der Waals surface area contributed by atoms with E-state index in [0.29, 0.717) is 33.6 Å². The highest BCUT2D eigenvalue weighted by molar-refractivity contribution is 7.34. The molecule has 2 nitrogen and oxygen atoms in total. The van der Waals surface area contributed by atoms with Crippen molar-refractivity contribution in [1.82, 2.24) is 5.09 Å². The van der Waals surface area contributed by atoms with Crippen molar-refractivity contribution in [2.75, 3.05) is 6.66 Å². The van der Waals surface area contributed by atoms with Gasteiger partial charge >= 0.3 is 0 Å². The Labute approximate surface area is 206 Å². The third kappa shape index (κ3) is 3.08. The van der Waals surface area contributed by atoms with Gasteiger partial charge in [-0.25, -0.2) is 0 Å². The van der Waals surface area contributed by atoms with Gasteiger partial charge in [-0.2, -0.15) is 0 Å². The SMILES string of the molecule is C=C(C)[C@@H]1CC[C@]2(NPC)CC[C@]3(C)[C@H](CC[C@@H]4[C@@]5(C)CC[C@H](O)C(C)(C)[C@@H]5CC[C@]43C)[C@@H]12. The number of hydrogen-bond acceptors (Lipinski definition) is 2. The van der Waals surface area contributed by atoms with Gasteiger partial charge in [0, 0.05) is 5.54 Å². The lowest BCUT2D eigenvalue weighted by molar-refractivity contribution is -0.242. The number of nitrogens with one attached hydrogen (secondary N) is 1. The van der Waals surface area contributed by atoms with Crippen molar-refractivity contribution in [1.29, 1.82) is 0 Å². The van der Waals surface area contributed by atoms with Crippen molar-refractivity contribution in [3.8, 4) is 0 Å². The van der Waals surface area contributed by atoms with Crippen LogP contribution >= 0.6 is 8.73 Å². The summed E-state index contributed by atoms with van der Waals surface area (Å²) in [5.41, 5.74) is 3.08. The highest BCUT2D eigenvalue weighted by atomic mass is 31.1. The van der Waals surface area contributed by atoms with E-state index >= 15 is 0 Å². The third-order valence-electron chi connectivity index (χ3n) is 13.4. The first-order valence-corrected chi connectivity index (χ1v) is 15.6. The van der Waals surface area contributed by atoms with Crippen molar-refractivity contribution in [3.05, 3.63) is 12.2 Å². The number of allylic oxidation sites excluding steroid dienone is 1. The number of aliphatic hydroxyl groups is 1. The average molecular weight is 474 g/mol. The van der Waals surface area contributed by atoms with E-state index in [1.807, 2.05) is 0 Å². The molecule has 5 fully saturated rings. The van der Waals surface area contributed by atoms with Crippen LogP contribution < -0.4 is 5.09 Å². The van der Waals surface area contributed by atoms with E-state index in [1.165, 1.54) is 63.4 Å². The van der Waals surface area contributed by atoms with E-state index in [-0.39, 0.29) is 11.5 Å². The lowest BCUT2D eigenvalue weighted by Crippen LogP contribution is -2.68. The van der Waals surface area contributed by atoms with Crippen LogP contribution in [-0.4, -0.2) is 23.4 Å². The normalized spacial score (nSPS) is 55.5. The fourth-order valence-electron chi connectivity index (χ4n) is 11.6. The maximum Gasteiger partial charge on any atom is 0.0594 e. The molecule has 0 saturated heterocycles. The Morgan fingerprint density at radius 3 is 2.24 bits per heavy atom. The van der Waals surface area contributed by atoms with Gasteiger partial charge in [0.2, 0.25) is 0 Å². The number of rotatable bonds is 3. The Hall–Kier alpha value is 0.0900. The lowest BCUT2D eigenvalue weighted by atomic mass is 9.32. The molecule has 0 spiro atoms. The van der Waals surface area contributed by atoms with Crippen LogP contribution in [0.25, 0.3) is 0 Å². The largest absolute Gasteiger partial charge is 0.393 e. The first-order valence-electron chi connectivity index (χ1n) is 14.1. The molecule has 0 aromatic carbocycles. The minimum atomic E-state index is -0.127. The van der Waals surface area contributed by atoms with E-state index in [9.17, 15) is 5.11 Å². The van der Waals surface area contributed by atoms with Crippen LogP contribution in [0.1, 0.15) is 106 Å². The monoisotopic (exact) mass is 473 g/mol. The van der Waals surface area contributed by atoms with Crippen LogP contribution in [-0.2, 0) is 0 Å². The zero-order valence-corrected chi connectivity index (χ0v) is 23.7. The molecular weight excluding hydrogens is 421 g/mol. The molecule has 0 aromatic rings. The Kier molecular flexibility index (Phi) is 5.85. The summed E-state index contributed by atoms with van der Waals surface area (Å²) in [7, 11) is 0.843. The van der Waals surface area contributed by atoms with Crippen molar-refractivity contribution in [2.24, 2.45) is 51.2 Å². The van der Waals surface area contributed by atoms with E-state index in [0.717, 1.165) is 32.9 Å². The summed E-state index contributed by atoms with van der Waals surface area (Å²) in [5, 5.41) is 15.0. The first-order chi connectivity index (χ1) is 15.4. The quantitative estimate of drug-likeness (QED) is 0.327. The molecule has 11 atom stereocenters. The summed E-state index contributed by atoms with van der Waals surface area (Å²) in [6, 6.07) is 0. The molecule has 0 radical (unpaired) electrons. The molecule has 188 valence electrons. The summed E-state index contributed by atoms with van der Waals surface area (Å²) in [6.07, 6.45) is 13.0. The molecule has 5 saturated carbocycles. The molecule has 5 aliphatic carbocycles. The second-order valence-corrected chi connectivity index (χ2v) is 15.3. The van der Waals surface area contributed by atoms with Gasteiger partial charge in [-0.3, -0.25) is 5.09 Å². The number of hydrogen-bond donors (Lipinski definition) is 2. The van der Waals surface area contributed by atoms with Gasteiger partial charge in [0.1, 0.15) is 0 Å². The molecule has 33 heavy (non-hydrogen) atoms. The molecule has 0 amide bonds. The van der Waals surface area contributed by atoms with Gasteiger partial charge in [-0.1, -0.05) is 55.5 Å². The van der Waals surface area contributed by atoms with Gasteiger partial charge in [0.15, 0.2) is 0 Å². The zero-order valence-electron chi connectivity index (χ0n) is 22.7. The van der Waals surface area contributed by atoms with Crippen molar-refractivity contribution in [3.63, 3.8) is 0 Å². The maximum absolute atomic E-state index is 10.9. The molecule has 1 unspecified atom stereocenters. The second kappa shape index (κ2) is 7.79. The molecule has 5 aliphatic rings. The standard InChI is InChI=1S/C30H52NOP/c1-19(2)20-11-16-30(31-33-8)18-17-28(6)21(25(20)30)9-10-23-27(5)14-13-24(32)26(3,4)22(27)12-15-29(23,28)7/h20-25,31-33H,1,9-18H2,2-8H3/t20-,21+,22-,23+,24-,25+,27-,28+,29+,30-/m0/s1. The van der Waals surface area contributed by atoms with E-state index < -0.39 is 0 Å². The molecular formula is C30H52NOP. The van der Waals surface area contributed by atoms with E-state index in [1.54, 1.807) is 0 Å². The fourth-order valence-corrected chi connectivity index (χ4v) is 12.5. The molecule has 5 rings (SSSR count). The predicted octanol–water partition coefficient (Wildman–Crippen LogP) is 7.57. The summed E-state index contributed by atoms with van der Waals surface area (Å²) < 4.78 is 0. The van der Waals surface area contributed by atoms with Crippen LogP contribution in [0.2, 0.25) is 0 Å². The summed E-state index contributed by atoms with van der Waals surface area (Å²) in [4.78, 5) is 0. The molecule has 0 bridgehead atoms. The van der Waals surface area contributed by atoms with Crippen molar-refractivity contribution >= 4 is 8.73 Å². The first kappa shape index (κ1) is 24.8. The van der Waals surface area contributed by atoms with E-state index in [4.69, 9.17) is 0 Å². The summed E-state index contributed by atoms with van der Waals surface area (Å²) >= 11 is 0. The summed E-state index contributed by atoms with van der Waals surface area (Å²) in [5.74, 6) is 3.76. The van der Waals surface area contributed by atoms with Gasteiger partial charge in [-0.05, 0) is 129 Å². The number of fused-ring (bicyclic) bond motifs is 7. The molecule has 0 aromatic heterocycles. The summed E-state index contributed by atoms with van der Waals surface area (Å²) in [6.45, 7) is 22.0. The van der Waals surface area contributed by atoms with Crippen LogP contribution in [0, 0.1) is 51.2 Å². The van der Waals surface area contributed by atoms with Crippen LogP contribution in [0.5, 0.6) is 0 Å². The van der Waals surface area contributed by atoms with Crippen molar-refractivity contribution in [2.45, 2.75) is 117 Å². The minimum Gasteiger partial charge on any atom is -0.393 e. The Balaban J connectivity index is 1.54. The van der Waals surface area contributed by atoms with Gasteiger partial charge in [0.05, 0.1) is 6.10 Å². The smallest absolute Gasteiger partial charge is 0.0594 e. The van der Waals surface area contributed by atoms with Gasteiger partial charge in [-0.15, -0.1) is 0 Å². The fraction of sp³-hybridized carbons (Fsp3) is 0.933. The lowest BCUT2D eigenvalue weighted by Gasteiger charge is -2.73. The Morgan fingerprint density at radius 1 is 0.848 bits per heavy atom. The molecule has 0 heterocycles. The second-order valence-electron chi connectivity index (χ2n) is 14.6. The third-order valence-corrected chi connectivity index (χ3v) is 14.2. The van der Waals surface area contributed by atoms with Gasteiger partial charge in [0.25, 0.3) is 0 Å². The predicted molar refractivity (Wildman–Crippen MR) is 143 cm³/mol. The van der Waals surface area contributed by atoms with Crippen LogP contribution in [0.15, 0.2) is 12.2 Å². The van der Waals surface area contributed by atoms with Crippen LogP contribution in [0.3, 0.4) is 0 Å². The van der Waals surface area contributed by atoms with Crippen molar-refractivity contribution < 1.29 is 5.11 Å².